The van der Waals surface area contributed by atoms with Crippen LogP contribution in [0.3, 0.4) is 0 Å². The molecule has 0 unspecified atom stereocenters. The molecular formula is C9H15N3O2. The Morgan fingerprint density at radius 2 is 2.43 bits per heavy atom. The first kappa shape index (κ1) is 9.61. The van der Waals surface area contributed by atoms with E-state index in [1.807, 2.05) is 7.05 Å². The molecule has 14 heavy (non-hydrogen) atoms. The second kappa shape index (κ2) is 4.52. The van der Waals surface area contributed by atoms with E-state index in [-0.39, 0.29) is 0 Å². The van der Waals surface area contributed by atoms with Gasteiger partial charge in [0.1, 0.15) is 6.61 Å². The van der Waals surface area contributed by atoms with Crippen LogP contribution < -0.4 is 5.32 Å². The van der Waals surface area contributed by atoms with Gasteiger partial charge in [0.05, 0.1) is 6.61 Å². The van der Waals surface area contributed by atoms with Gasteiger partial charge in [-0.2, -0.15) is 4.98 Å². The van der Waals surface area contributed by atoms with E-state index in [2.05, 4.69) is 15.5 Å². The maximum absolute atomic E-state index is 5.33. The van der Waals surface area contributed by atoms with Gasteiger partial charge in [-0.25, -0.2) is 0 Å². The zero-order chi connectivity index (χ0) is 9.80. The molecule has 0 radical (unpaired) electrons. The average Bonchev–Trinajstić information content (AvgIpc) is 2.94. The summed E-state index contributed by atoms with van der Waals surface area (Å²) >= 11 is 0. The third-order valence-corrected chi connectivity index (χ3v) is 2.14. The van der Waals surface area contributed by atoms with Crippen LogP contribution in [0.5, 0.6) is 0 Å². The Balaban J connectivity index is 1.72. The van der Waals surface area contributed by atoms with Gasteiger partial charge in [0, 0.05) is 12.5 Å². The summed E-state index contributed by atoms with van der Waals surface area (Å²) in [6.07, 6.45) is 2.37. The van der Waals surface area contributed by atoms with Crippen LogP contribution in [0.25, 0.3) is 0 Å². The molecule has 78 valence electrons. The lowest BCUT2D eigenvalue weighted by Gasteiger charge is -1.98. The Bertz CT molecular complexity index is 283. The largest absolute Gasteiger partial charge is 0.372 e. The number of nitrogens with zero attached hydrogens (tertiary/aromatic N) is 2. The lowest BCUT2D eigenvalue weighted by molar-refractivity contribution is 0.116. The summed E-state index contributed by atoms with van der Waals surface area (Å²) in [5.41, 5.74) is 0. The molecule has 0 aliphatic heterocycles. The number of nitrogens with one attached hydrogen (secondary N) is 1. The average molecular weight is 197 g/mol. The minimum Gasteiger partial charge on any atom is -0.372 e. The maximum atomic E-state index is 5.33. The summed E-state index contributed by atoms with van der Waals surface area (Å²) in [5, 5.41) is 6.84. The predicted octanol–water partition coefficient (Wildman–Crippen LogP) is 0.683. The van der Waals surface area contributed by atoms with Gasteiger partial charge in [0.15, 0.2) is 5.82 Å². The Labute approximate surface area is 82.8 Å². The molecule has 2 rings (SSSR count). The third kappa shape index (κ3) is 2.52. The van der Waals surface area contributed by atoms with Crippen molar-refractivity contribution >= 4 is 0 Å². The van der Waals surface area contributed by atoms with Crippen LogP contribution in [-0.2, 0) is 11.3 Å². The number of hydrogen-bond donors (Lipinski definition) is 1. The van der Waals surface area contributed by atoms with Crippen molar-refractivity contribution in [3.8, 4) is 0 Å². The molecule has 0 amide bonds. The van der Waals surface area contributed by atoms with Gasteiger partial charge in [0.25, 0.3) is 0 Å². The Morgan fingerprint density at radius 1 is 1.57 bits per heavy atom. The topological polar surface area (TPSA) is 60.2 Å². The zero-order valence-corrected chi connectivity index (χ0v) is 8.32. The predicted molar refractivity (Wildman–Crippen MR) is 49.9 cm³/mol. The van der Waals surface area contributed by atoms with E-state index in [0.29, 0.717) is 25.0 Å². The van der Waals surface area contributed by atoms with Crippen molar-refractivity contribution < 1.29 is 9.26 Å². The maximum Gasteiger partial charge on any atom is 0.229 e. The summed E-state index contributed by atoms with van der Waals surface area (Å²) in [6, 6.07) is 0. The van der Waals surface area contributed by atoms with E-state index in [1.54, 1.807) is 0 Å². The minimum atomic E-state index is 0.442. The molecule has 1 heterocycles. The molecule has 1 aromatic heterocycles. The van der Waals surface area contributed by atoms with Crippen LogP contribution in [0.2, 0.25) is 0 Å². The highest BCUT2D eigenvalue weighted by Crippen LogP contribution is 2.38. The summed E-state index contributed by atoms with van der Waals surface area (Å²) in [5.74, 6) is 1.95. The molecule has 0 atom stereocenters. The van der Waals surface area contributed by atoms with Crippen molar-refractivity contribution in [2.75, 3.05) is 20.2 Å². The van der Waals surface area contributed by atoms with Crippen LogP contribution in [0, 0.1) is 0 Å². The van der Waals surface area contributed by atoms with Gasteiger partial charge >= 0.3 is 0 Å². The second-order valence-electron chi connectivity index (χ2n) is 3.48. The molecule has 1 saturated carbocycles. The molecule has 0 saturated heterocycles. The highest BCUT2D eigenvalue weighted by Gasteiger charge is 2.29. The summed E-state index contributed by atoms with van der Waals surface area (Å²) in [6.45, 7) is 1.95. The standard InChI is InChI=1S/C9H15N3O2/c1-10-4-5-13-6-8-11-9(14-12-8)7-2-3-7/h7,10H,2-6H2,1H3. The Morgan fingerprint density at radius 3 is 3.14 bits per heavy atom. The van der Waals surface area contributed by atoms with E-state index in [1.165, 1.54) is 12.8 Å². The van der Waals surface area contributed by atoms with Gasteiger partial charge in [-0.1, -0.05) is 5.16 Å². The molecule has 5 nitrogen and oxygen atoms in total. The normalized spacial score (nSPS) is 16.1. The smallest absolute Gasteiger partial charge is 0.229 e. The third-order valence-electron chi connectivity index (χ3n) is 2.14. The highest BCUT2D eigenvalue weighted by atomic mass is 16.5. The summed E-state index contributed by atoms with van der Waals surface area (Å²) in [7, 11) is 1.89. The first-order valence-electron chi connectivity index (χ1n) is 4.95. The van der Waals surface area contributed by atoms with Gasteiger partial charge in [-0.3, -0.25) is 0 Å². The van der Waals surface area contributed by atoms with E-state index in [0.717, 1.165) is 12.4 Å². The van der Waals surface area contributed by atoms with E-state index >= 15 is 0 Å². The van der Waals surface area contributed by atoms with E-state index in [4.69, 9.17) is 9.26 Å². The minimum absolute atomic E-state index is 0.442. The number of rotatable bonds is 6. The van der Waals surface area contributed by atoms with Crippen LogP contribution in [0.15, 0.2) is 4.52 Å². The number of hydrogen-bond acceptors (Lipinski definition) is 5. The highest BCUT2D eigenvalue weighted by molar-refractivity contribution is 5.01. The molecule has 1 aliphatic carbocycles. The monoisotopic (exact) mass is 197 g/mol. The molecule has 1 N–H and O–H groups in total. The molecule has 1 aromatic rings. The van der Waals surface area contributed by atoms with Gasteiger partial charge < -0.3 is 14.6 Å². The number of likely N-dealkylation sites (N-methyl/N-ethyl adjacent to an activating group) is 1. The lowest BCUT2D eigenvalue weighted by atomic mass is 10.4. The molecule has 1 aliphatic rings. The van der Waals surface area contributed by atoms with Crippen LogP contribution >= 0.6 is 0 Å². The molecule has 1 fully saturated rings. The van der Waals surface area contributed by atoms with E-state index < -0.39 is 0 Å². The number of ether oxygens (including phenoxy) is 1. The summed E-state index contributed by atoms with van der Waals surface area (Å²) in [4.78, 5) is 4.25. The Hall–Kier alpha value is -0.940. The second-order valence-corrected chi connectivity index (χ2v) is 3.48. The van der Waals surface area contributed by atoms with Crippen molar-refractivity contribution in [2.45, 2.75) is 25.4 Å². The summed E-state index contributed by atoms with van der Waals surface area (Å²) < 4.78 is 10.4. The number of aromatic nitrogens is 2. The first-order valence-corrected chi connectivity index (χ1v) is 4.95. The molecule has 5 heteroatoms. The van der Waals surface area contributed by atoms with Gasteiger partial charge in [-0.05, 0) is 19.9 Å². The lowest BCUT2D eigenvalue weighted by Crippen LogP contribution is -2.14. The first-order chi connectivity index (χ1) is 6.90. The van der Waals surface area contributed by atoms with Gasteiger partial charge in [0.2, 0.25) is 5.89 Å². The molecule has 0 aromatic carbocycles. The SMILES string of the molecule is CNCCOCc1noc(C2CC2)n1. The van der Waals surface area contributed by atoms with Crippen LogP contribution in [-0.4, -0.2) is 30.3 Å². The fraction of sp³-hybridized carbons (Fsp3) is 0.778. The molecule has 0 spiro atoms. The van der Waals surface area contributed by atoms with Crippen LogP contribution in [0.1, 0.15) is 30.5 Å². The molecule has 0 bridgehead atoms. The fourth-order valence-corrected chi connectivity index (χ4v) is 1.16. The van der Waals surface area contributed by atoms with Crippen molar-refractivity contribution in [1.29, 1.82) is 0 Å². The Kier molecular flexibility index (Phi) is 3.10. The van der Waals surface area contributed by atoms with Crippen LogP contribution in [0.4, 0.5) is 0 Å². The zero-order valence-electron chi connectivity index (χ0n) is 8.32. The van der Waals surface area contributed by atoms with Crippen molar-refractivity contribution in [1.82, 2.24) is 15.5 Å². The fourth-order valence-electron chi connectivity index (χ4n) is 1.16. The van der Waals surface area contributed by atoms with Gasteiger partial charge in [-0.15, -0.1) is 0 Å². The van der Waals surface area contributed by atoms with Crippen molar-refractivity contribution in [2.24, 2.45) is 0 Å². The quantitative estimate of drug-likeness (QED) is 0.680. The van der Waals surface area contributed by atoms with Crippen molar-refractivity contribution in [3.05, 3.63) is 11.7 Å². The van der Waals surface area contributed by atoms with E-state index in [9.17, 15) is 0 Å². The molecular weight excluding hydrogens is 182 g/mol. The van der Waals surface area contributed by atoms with Crippen molar-refractivity contribution in [3.63, 3.8) is 0 Å².